The molecule has 0 bridgehead atoms. The molecule has 0 aliphatic carbocycles. The van der Waals surface area contributed by atoms with E-state index in [4.69, 9.17) is 5.11 Å². The number of aliphatic hydroxyl groups excluding tert-OH is 1. The SMILES string of the molecule is CC(C)n1cncc1C(O)CC(=O)O. The van der Waals surface area contributed by atoms with Gasteiger partial charge in [0.15, 0.2) is 0 Å². The van der Waals surface area contributed by atoms with Gasteiger partial charge in [0.05, 0.1) is 24.6 Å². The van der Waals surface area contributed by atoms with Crippen LogP contribution >= 0.6 is 0 Å². The maximum atomic E-state index is 10.4. The van der Waals surface area contributed by atoms with E-state index in [1.165, 1.54) is 6.20 Å². The predicted molar refractivity (Wildman–Crippen MR) is 49.8 cm³/mol. The largest absolute Gasteiger partial charge is 0.481 e. The first-order chi connectivity index (χ1) is 6.52. The van der Waals surface area contributed by atoms with E-state index in [1.807, 2.05) is 13.8 Å². The molecule has 1 rings (SSSR count). The van der Waals surface area contributed by atoms with Crippen LogP contribution in [0.3, 0.4) is 0 Å². The summed E-state index contributed by atoms with van der Waals surface area (Å²) in [5.74, 6) is -1.02. The number of hydrogen-bond donors (Lipinski definition) is 2. The molecule has 0 aliphatic heterocycles. The van der Waals surface area contributed by atoms with Crippen LogP contribution in [0.1, 0.15) is 38.1 Å². The summed E-state index contributed by atoms with van der Waals surface area (Å²) in [4.78, 5) is 14.3. The van der Waals surface area contributed by atoms with Gasteiger partial charge in [-0.3, -0.25) is 4.79 Å². The number of imidazole rings is 1. The normalized spacial score (nSPS) is 13.1. The van der Waals surface area contributed by atoms with Crippen LogP contribution in [0.25, 0.3) is 0 Å². The van der Waals surface area contributed by atoms with Crippen LogP contribution in [0.2, 0.25) is 0 Å². The Morgan fingerprint density at radius 1 is 1.64 bits per heavy atom. The summed E-state index contributed by atoms with van der Waals surface area (Å²) in [5.41, 5.74) is 0.544. The second kappa shape index (κ2) is 4.23. The second-order valence-corrected chi connectivity index (χ2v) is 3.43. The Hall–Kier alpha value is -1.36. The van der Waals surface area contributed by atoms with Crippen LogP contribution in [0, 0.1) is 0 Å². The van der Waals surface area contributed by atoms with Crippen molar-refractivity contribution < 1.29 is 15.0 Å². The number of hydrogen-bond acceptors (Lipinski definition) is 3. The lowest BCUT2D eigenvalue weighted by Gasteiger charge is -2.14. The van der Waals surface area contributed by atoms with Crippen LogP contribution in [-0.4, -0.2) is 25.7 Å². The maximum Gasteiger partial charge on any atom is 0.306 e. The molecule has 1 atom stereocenters. The summed E-state index contributed by atoms with van der Waals surface area (Å²) in [6.45, 7) is 3.89. The molecule has 0 radical (unpaired) electrons. The van der Waals surface area contributed by atoms with Gasteiger partial charge in [0.25, 0.3) is 0 Å². The van der Waals surface area contributed by atoms with Gasteiger partial charge < -0.3 is 14.8 Å². The number of aromatic nitrogens is 2. The quantitative estimate of drug-likeness (QED) is 0.756. The van der Waals surface area contributed by atoms with Gasteiger partial charge in [-0.2, -0.15) is 0 Å². The van der Waals surface area contributed by atoms with E-state index in [0.717, 1.165) is 0 Å². The molecule has 1 aromatic heterocycles. The Morgan fingerprint density at radius 3 is 2.79 bits per heavy atom. The van der Waals surface area contributed by atoms with Crippen molar-refractivity contribution in [1.82, 2.24) is 9.55 Å². The smallest absolute Gasteiger partial charge is 0.306 e. The van der Waals surface area contributed by atoms with E-state index >= 15 is 0 Å². The first-order valence-electron chi connectivity index (χ1n) is 4.44. The minimum Gasteiger partial charge on any atom is -0.481 e. The molecule has 5 nitrogen and oxygen atoms in total. The van der Waals surface area contributed by atoms with Crippen molar-refractivity contribution in [2.45, 2.75) is 32.4 Å². The van der Waals surface area contributed by atoms with Crippen molar-refractivity contribution in [1.29, 1.82) is 0 Å². The van der Waals surface area contributed by atoms with Crippen molar-refractivity contribution in [2.75, 3.05) is 0 Å². The fourth-order valence-electron chi connectivity index (χ4n) is 1.27. The summed E-state index contributed by atoms with van der Waals surface area (Å²) in [5, 5.41) is 18.1. The summed E-state index contributed by atoms with van der Waals surface area (Å²) < 4.78 is 1.76. The van der Waals surface area contributed by atoms with Crippen LogP contribution in [0.5, 0.6) is 0 Å². The maximum absolute atomic E-state index is 10.4. The van der Waals surface area contributed by atoms with Crippen molar-refractivity contribution in [3.05, 3.63) is 18.2 Å². The number of aliphatic carboxylic acids is 1. The summed E-state index contributed by atoms with van der Waals surface area (Å²) in [7, 11) is 0. The first kappa shape index (κ1) is 10.7. The molecule has 0 fully saturated rings. The number of carboxylic acid groups (broad SMARTS) is 1. The highest BCUT2D eigenvalue weighted by Gasteiger charge is 2.17. The molecule has 1 unspecified atom stereocenters. The minimum atomic E-state index is -1.02. The number of carboxylic acids is 1. The second-order valence-electron chi connectivity index (χ2n) is 3.43. The van der Waals surface area contributed by atoms with Crippen LogP contribution in [-0.2, 0) is 4.79 Å². The fraction of sp³-hybridized carbons (Fsp3) is 0.556. The summed E-state index contributed by atoms with van der Waals surface area (Å²) >= 11 is 0. The van der Waals surface area contributed by atoms with E-state index in [0.29, 0.717) is 5.69 Å². The molecule has 0 spiro atoms. The van der Waals surface area contributed by atoms with E-state index in [-0.39, 0.29) is 12.5 Å². The predicted octanol–water partition coefficient (Wildman–Crippen LogP) is 0.972. The third kappa shape index (κ3) is 2.32. The Bertz CT molecular complexity index is 320. The van der Waals surface area contributed by atoms with E-state index in [9.17, 15) is 9.90 Å². The topological polar surface area (TPSA) is 75.3 Å². The van der Waals surface area contributed by atoms with Gasteiger partial charge in [0.1, 0.15) is 6.10 Å². The number of rotatable bonds is 4. The number of aliphatic hydroxyl groups is 1. The third-order valence-corrected chi connectivity index (χ3v) is 1.96. The van der Waals surface area contributed by atoms with Crippen LogP contribution in [0.15, 0.2) is 12.5 Å². The molecule has 0 aliphatic rings. The monoisotopic (exact) mass is 198 g/mol. The summed E-state index contributed by atoms with van der Waals surface area (Å²) in [6, 6.07) is 0.163. The van der Waals surface area contributed by atoms with Gasteiger partial charge in [-0.15, -0.1) is 0 Å². The Labute approximate surface area is 82.0 Å². The van der Waals surface area contributed by atoms with Gasteiger partial charge >= 0.3 is 5.97 Å². The van der Waals surface area contributed by atoms with Gasteiger partial charge in [0.2, 0.25) is 0 Å². The molecule has 1 aromatic rings. The highest BCUT2D eigenvalue weighted by molar-refractivity contribution is 5.67. The molecule has 0 saturated heterocycles. The van der Waals surface area contributed by atoms with E-state index in [2.05, 4.69) is 4.98 Å². The lowest BCUT2D eigenvalue weighted by Crippen LogP contribution is -2.12. The zero-order valence-electron chi connectivity index (χ0n) is 8.21. The lowest BCUT2D eigenvalue weighted by molar-refractivity contribution is -0.139. The van der Waals surface area contributed by atoms with Gasteiger partial charge in [-0.05, 0) is 13.8 Å². The Morgan fingerprint density at radius 2 is 2.29 bits per heavy atom. The van der Waals surface area contributed by atoms with Crippen molar-refractivity contribution in [2.24, 2.45) is 0 Å². The van der Waals surface area contributed by atoms with Crippen molar-refractivity contribution in [3.8, 4) is 0 Å². The number of carbonyl (C=O) groups is 1. The molecular weight excluding hydrogens is 184 g/mol. The summed E-state index contributed by atoms with van der Waals surface area (Å²) in [6.07, 6.45) is 1.80. The molecule has 0 saturated carbocycles. The average Bonchev–Trinajstić information content (AvgIpc) is 2.49. The molecule has 1 heterocycles. The van der Waals surface area contributed by atoms with Crippen molar-refractivity contribution >= 4 is 5.97 Å². The molecule has 14 heavy (non-hydrogen) atoms. The molecule has 2 N–H and O–H groups in total. The number of nitrogens with zero attached hydrogens (tertiary/aromatic N) is 2. The minimum absolute atomic E-state index is 0.163. The molecule has 78 valence electrons. The van der Waals surface area contributed by atoms with Crippen molar-refractivity contribution in [3.63, 3.8) is 0 Å². The highest BCUT2D eigenvalue weighted by atomic mass is 16.4. The molecule has 5 heteroatoms. The lowest BCUT2D eigenvalue weighted by atomic mass is 10.2. The zero-order valence-corrected chi connectivity index (χ0v) is 8.21. The first-order valence-corrected chi connectivity index (χ1v) is 4.44. The van der Waals surface area contributed by atoms with Gasteiger partial charge in [-0.25, -0.2) is 4.98 Å². The van der Waals surface area contributed by atoms with Gasteiger partial charge in [-0.1, -0.05) is 0 Å². The molecular formula is C9H14N2O3. The zero-order chi connectivity index (χ0) is 10.7. The average molecular weight is 198 g/mol. The Kier molecular flexibility index (Phi) is 3.24. The standard InChI is InChI=1S/C9H14N2O3/c1-6(2)11-5-10-4-7(11)8(12)3-9(13)14/h4-6,8,12H,3H2,1-2H3,(H,13,14). The molecule has 0 amide bonds. The van der Waals surface area contributed by atoms with E-state index < -0.39 is 12.1 Å². The van der Waals surface area contributed by atoms with Crippen LogP contribution in [0.4, 0.5) is 0 Å². The van der Waals surface area contributed by atoms with Gasteiger partial charge in [0, 0.05) is 6.04 Å². The Balaban J connectivity index is 2.83. The molecule has 0 aromatic carbocycles. The van der Waals surface area contributed by atoms with Crippen LogP contribution < -0.4 is 0 Å². The third-order valence-electron chi connectivity index (χ3n) is 1.96. The fourth-order valence-corrected chi connectivity index (χ4v) is 1.27. The highest BCUT2D eigenvalue weighted by Crippen LogP contribution is 2.19. The van der Waals surface area contributed by atoms with E-state index in [1.54, 1.807) is 10.9 Å².